The van der Waals surface area contributed by atoms with Gasteiger partial charge in [-0.3, -0.25) is 4.79 Å². The monoisotopic (exact) mass is 477 g/mol. The Balaban J connectivity index is 2.11. The van der Waals surface area contributed by atoms with E-state index in [9.17, 15) is 13.2 Å². The predicted octanol–water partition coefficient (Wildman–Crippen LogP) is 2.83. The van der Waals surface area contributed by atoms with Crippen molar-refractivity contribution in [2.75, 3.05) is 32.9 Å². The largest absolute Gasteiger partial charge is 0.336 e. The average molecular weight is 478 g/mol. The fraction of sp³-hybridized carbons (Fsp3) is 0.333. The maximum Gasteiger partial charge on any atom is 0.238 e. The lowest BCUT2D eigenvalue weighted by Gasteiger charge is -2.24. The van der Waals surface area contributed by atoms with Crippen LogP contribution in [0.3, 0.4) is 0 Å². The third-order valence-corrected chi connectivity index (χ3v) is 6.20. The number of sulfone groups is 1. The van der Waals surface area contributed by atoms with Gasteiger partial charge in [0.15, 0.2) is 9.84 Å². The summed E-state index contributed by atoms with van der Waals surface area (Å²) in [6, 6.07) is 16.1. The van der Waals surface area contributed by atoms with Crippen molar-refractivity contribution in [1.82, 2.24) is 9.80 Å². The van der Waals surface area contributed by atoms with Crippen LogP contribution in [0, 0.1) is 11.3 Å². The van der Waals surface area contributed by atoms with Gasteiger partial charge >= 0.3 is 0 Å². The molecule has 0 heterocycles. The summed E-state index contributed by atoms with van der Waals surface area (Å²) in [6.07, 6.45) is 0. The van der Waals surface area contributed by atoms with Gasteiger partial charge in [-0.25, -0.2) is 8.42 Å². The summed E-state index contributed by atoms with van der Waals surface area (Å²) < 4.78 is 26.0. The molecule has 0 radical (unpaired) electrons. The minimum Gasteiger partial charge on any atom is -0.336 e. The van der Waals surface area contributed by atoms with Crippen LogP contribution in [-0.2, 0) is 26.9 Å². The average Bonchev–Trinajstić information content (AvgIpc) is 2.64. The Morgan fingerprint density at radius 3 is 2.34 bits per heavy atom. The summed E-state index contributed by atoms with van der Waals surface area (Å²) in [5.74, 6) is -1.15. The van der Waals surface area contributed by atoms with Crippen LogP contribution in [0.15, 0.2) is 53.0 Å². The number of amides is 1. The number of hydrogen-bond acceptors (Lipinski definition) is 5. The van der Waals surface area contributed by atoms with Crippen molar-refractivity contribution in [2.24, 2.45) is 0 Å². The van der Waals surface area contributed by atoms with Crippen LogP contribution < -0.4 is 0 Å². The highest BCUT2D eigenvalue weighted by molar-refractivity contribution is 9.10. The van der Waals surface area contributed by atoms with Gasteiger partial charge in [0.1, 0.15) is 5.75 Å². The Morgan fingerprint density at radius 1 is 1.07 bits per heavy atom. The summed E-state index contributed by atoms with van der Waals surface area (Å²) >= 11 is 3.33. The number of likely N-dealkylation sites (N-methyl/N-ethyl adjacent to an activating group) is 1. The number of halogens is 1. The molecule has 0 atom stereocenters. The van der Waals surface area contributed by atoms with Gasteiger partial charge in [0.05, 0.1) is 17.4 Å². The van der Waals surface area contributed by atoms with Crippen molar-refractivity contribution in [3.05, 3.63) is 69.7 Å². The van der Waals surface area contributed by atoms with Gasteiger partial charge < -0.3 is 9.80 Å². The Kier molecular flexibility index (Phi) is 8.38. The molecule has 6 nitrogen and oxygen atoms in total. The van der Waals surface area contributed by atoms with Crippen LogP contribution in [0.25, 0.3) is 0 Å². The van der Waals surface area contributed by atoms with Crippen LogP contribution in [0.2, 0.25) is 0 Å². The smallest absolute Gasteiger partial charge is 0.238 e. The van der Waals surface area contributed by atoms with Crippen molar-refractivity contribution in [2.45, 2.75) is 12.3 Å². The zero-order valence-electron chi connectivity index (χ0n) is 16.5. The van der Waals surface area contributed by atoms with E-state index in [0.717, 1.165) is 10.0 Å². The molecule has 0 spiro atoms. The highest BCUT2D eigenvalue weighted by Gasteiger charge is 2.22. The number of carbonyl (C=O) groups excluding carboxylic acids is 1. The molecule has 0 bridgehead atoms. The minimum atomic E-state index is -3.61. The molecule has 0 saturated heterocycles. The van der Waals surface area contributed by atoms with E-state index in [2.05, 4.69) is 22.0 Å². The standard InChI is InChI=1S/C21H24BrN3O3S/c1-24(2)10-11-25(14-18-8-6-17(13-23)7-9-18)21(26)16-29(27,28)15-19-4-3-5-20(22)12-19/h3-9,12H,10-11,14-16H2,1-2H3. The number of benzene rings is 2. The van der Waals surface area contributed by atoms with E-state index in [-0.39, 0.29) is 5.75 Å². The lowest BCUT2D eigenvalue weighted by atomic mass is 10.1. The highest BCUT2D eigenvalue weighted by atomic mass is 79.9. The van der Waals surface area contributed by atoms with Gasteiger partial charge in [0.25, 0.3) is 0 Å². The Labute approximate surface area is 180 Å². The zero-order valence-corrected chi connectivity index (χ0v) is 18.9. The van der Waals surface area contributed by atoms with Crippen molar-refractivity contribution < 1.29 is 13.2 Å². The molecule has 0 N–H and O–H groups in total. The van der Waals surface area contributed by atoms with Gasteiger partial charge in [-0.2, -0.15) is 5.26 Å². The molecule has 0 saturated carbocycles. The number of nitriles is 1. The van der Waals surface area contributed by atoms with E-state index < -0.39 is 21.5 Å². The van der Waals surface area contributed by atoms with E-state index >= 15 is 0 Å². The summed E-state index contributed by atoms with van der Waals surface area (Å²) in [5.41, 5.74) is 2.02. The molecular formula is C21H24BrN3O3S. The van der Waals surface area contributed by atoms with Gasteiger partial charge in [-0.15, -0.1) is 0 Å². The lowest BCUT2D eigenvalue weighted by molar-refractivity contribution is -0.129. The van der Waals surface area contributed by atoms with Gasteiger partial charge in [0.2, 0.25) is 5.91 Å². The van der Waals surface area contributed by atoms with Gasteiger partial charge in [-0.05, 0) is 49.5 Å². The second-order valence-electron chi connectivity index (χ2n) is 7.09. The Morgan fingerprint density at radius 2 is 1.76 bits per heavy atom. The quantitative estimate of drug-likeness (QED) is 0.554. The SMILES string of the molecule is CN(C)CCN(Cc1ccc(C#N)cc1)C(=O)CS(=O)(=O)Cc1cccc(Br)c1. The van der Waals surface area contributed by atoms with E-state index in [1.165, 1.54) is 0 Å². The zero-order chi connectivity index (χ0) is 21.4. The minimum absolute atomic E-state index is 0.184. The highest BCUT2D eigenvalue weighted by Crippen LogP contribution is 2.15. The van der Waals surface area contributed by atoms with Crippen LogP contribution in [0.5, 0.6) is 0 Å². The second-order valence-corrected chi connectivity index (χ2v) is 10.1. The molecule has 0 aliphatic carbocycles. The molecule has 0 aliphatic rings. The number of carbonyl (C=O) groups is 1. The van der Waals surface area contributed by atoms with E-state index in [1.807, 2.05) is 25.1 Å². The first kappa shape index (κ1) is 23.1. The Bertz CT molecular complexity index is 983. The molecule has 2 rings (SSSR count). The van der Waals surface area contributed by atoms with Crippen LogP contribution in [0.4, 0.5) is 0 Å². The van der Waals surface area contributed by atoms with Crippen LogP contribution in [-0.4, -0.2) is 57.1 Å². The number of rotatable bonds is 9. The van der Waals surface area contributed by atoms with Crippen LogP contribution >= 0.6 is 15.9 Å². The van der Waals surface area contributed by atoms with E-state index in [4.69, 9.17) is 5.26 Å². The molecule has 8 heteroatoms. The fourth-order valence-corrected chi connectivity index (χ4v) is 4.52. The summed E-state index contributed by atoms with van der Waals surface area (Å²) in [6.45, 7) is 1.33. The first-order valence-electron chi connectivity index (χ1n) is 9.05. The van der Waals surface area contributed by atoms with Crippen molar-refractivity contribution in [3.8, 4) is 6.07 Å². The van der Waals surface area contributed by atoms with Crippen LogP contribution in [0.1, 0.15) is 16.7 Å². The summed E-state index contributed by atoms with van der Waals surface area (Å²) in [7, 11) is 0.189. The van der Waals surface area contributed by atoms with Gasteiger partial charge in [0, 0.05) is 24.1 Å². The molecule has 2 aromatic rings. The molecular weight excluding hydrogens is 454 g/mol. The molecule has 154 valence electrons. The van der Waals surface area contributed by atoms with E-state index in [1.54, 1.807) is 47.4 Å². The molecule has 0 aliphatic heterocycles. The number of nitrogens with zero attached hydrogens (tertiary/aromatic N) is 3. The summed E-state index contributed by atoms with van der Waals surface area (Å²) in [4.78, 5) is 16.3. The van der Waals surface area contributed by atoms with Gasteiger partial charge in [-0.1, -0.05) is 40.2 Å². The molecule has 0 fully saturated rings. The number of hydrogen-bond donors (Lipinski definition) is 0. The van der Waals surface area contributed by atoms with Crippen molar-refractivity contribution >= 4 is 31.7 Å². The van der Waals surface area contributed by atoms with Crippen molar-refractivity contribution in [1.29, 1.82) is 5.26 Å². The van der Waals surface area contributed by atoms with Crippen molar-refractivity contribution in [3.63, 3.8) is 0 Å². The Hall–Kier alpha value is -2.21. The fourth-order valence-electron chi connectivity index (χ4n) is 2.73. The van der Waals surface area contributed by atoms with E-state index in [0.29, 0.717) is 30.8 Å². The summed E-state index contributed by atoms with van der Waals surface area (Å²) in [5, 5.41) is 8.92. The molecule has 0 unspecified atom stereocenters. The first-order valence-corrected chi connectivity index (χ1v) is 11.7. The molecule has 2 aromatic carbocycles. The second kappa shape index (κ2) is 10.5. The topological polar surface area (TPSA) is 81.5 Å². The third-order valence-electron chi connectivity index (χ3n) is 4.25. The molecule has 1 amide bonds. The molecule has 0 aromatic heterocycles. The maximum atomic E-state index is 12.8. The first-order chi connectivity index (χ1) is 13.7. The third kappa shape index (κ3) is 7.97. The molecule has 29 heavy (non-hydrogen) atoms. The lowest BCUT2D eigenvalue weighted by Crippen LogP contribution is -2.39. The maximum absolute atomic E-state index is 12.8. The predicted molar refractivity (Wildman–Crippen MR) is 117 cm³/mol. The normalized spacial score (nSPS) is 11.3.